The Morgan fingerprint density at radius 3 is 2.96 bits per heavy atom. The highest BCUT2D eigenvalue weighted by Crippen LogP contribution is 2.30. The largest absolute Gasteiger partial charge is 0.327 e. The second kappa shape index (κ2) is 6.83. The third kappa shape index (κ3) is 3.53. The number of rotatable bonds is 2. The fraction of sp³-hybridized carbons (Fsp3) is 0.312. The number of aromatic amines is 1. The van der Waals surface area contributed by atoms with Gasteiger partial charge in [0, 0.05) is 29.0 Å². The van der Waals surface area contributed by atoms with Crippen molar-refractivity contribution in [3.63, 3.8) is 0 Å². The fourth-order valence-electron chi connectivity index (χ4n) is 2.85. The van der Waals surface area contributed by atoms with Crippen molar-refractivity contribution < 1.29 is 9.59 Å². The van der Waals surface area contributed by atoms with Crippen molar-refractivity contribution in [2.75, 3.05) is 11.9 Å². The maximum atomic E-state index is 12.5. The quantitative estimate of drug-likeness (QED) is 0.830. The first-order valence-electron chi connectivity index (χ1n) is 7.51. The predicted molar refractivity (Wildman–Crippen MR) is 87.0 cm³/mol. The molecule has 1 aliphatic rings. The van der Waals surface area contributed by atoms with E-state index in [1.54, 1.807) is 41.6 Å². The molecule has 0 bridgehead atoms. The van der Waals surface area contributed by atoms with Crippen LogP contribution in [0, 0.1) is 0 Å². The third-order valence-corrected chi connectivity index (χ3v) is 4.18. The monoisotopic (exact) mass is 332 g/mol. The van der Waals surface area contributed by atoms with Crippen LogP contribution >= 0.6 is 11.6 Å². The minimum atomic E-state index is -0.650. The number of piperidine rings is 1. The second-order valence-corrected chi connectivity index (χ2v) is 5.94. The Kier molecular flexibility index (Phi) is 4.62. The Labute approximate surface area is 138 Å². The van der Waals surface area contributed by atoms with Gasteiger partial charge in [0.1, 0.15) is 0 Å². The molecule has 1 fully saturated rings. The van der Waals surface area contributed by atoms with E-state index >= 15 is 0 Å². The van der Waals surface area contributed by atoms with E-state index < -0.39 is 11.8 Å². The Balaban J connectivity index is 1.73. The normalized spacial score (nSPS) is 17.8. The second-order valence-electron chi connectivity index (χ2n) is 5.51. The molecular weight excluding hydrogens is 316 g/mol. The minimum Gasteiger partial charge on any atom is -0.327 e. The van der Waals surface area contributed by atoms with Crippen LogP contribution in [0.1, 0.15) is 30.9 Å². The summed E-state index contributed by atoms with van der Waals surface area (Å²) < 4.78 is 0. The topological polar surface area (TPSA) is 78.1 Å². The van der Waals surface area contributed by atoms with E-state index in [9.17, 15) is 9.59 Å². The number of anilines is 1. The number of H-pyrrole nitrogens is 1. The average molecular weight is 333 g/mol. The van der Waals surface area contributed by atoms with E-state index in [-0.39, 0.29) is 6.04 Å². The first-order chi connectivity index (χ1) is 11.1. The lowest BCUT2D eigenvalue weighted by molar-refractivity contribution is -0.145. The van der Waals surface area contributed by atoms with Crippen molar-refractivity contribution in [2.45, 2.75) is 25.3 Å². The van der Waals surface area contributed by atoms with Crippen molar-refractivity contribution in [1.82, 2.24) is 15.1 Å². The molecule has 2 aromatic rings. The van der Waals surface area contributed by atoms with E-state index in [2.05, 4.69) is 15.5 Å². The summed E-state index contributed by atoms with van der Waals surface area (Å²) >= 11 is 5.89. The summed E-state index contributed by atoms with van der Waals surface area (Å²) in [5, 5.41) is 9.81. The zero-order chi connectivity index (χ0) is 16.2. The molecular formula is C16H17ClN4O2. The molecule has 1 aliphatic heterocycles. The molecule has 23 heavy (non-hydrogen) atoms. The van der Waals surface area contributed by atoms with Crippen molar-refractivity contribution in [3.05, 3.63) is 47.2 Å². The molecule has 0 aliphatic carbocycles. The number of benzene rings is 1. The summed E-state index contributed by atoms with van der Waals surface area (Å²) in [4.78, 5) is 26.4. The predicted octanol–water partition coefficient (Wildman–Crippen LogP) is 2.76. The molecule has 2 amide bonds. The molecule has 1 saturated heterocycles. The van der Waals surface area contributed by atoms with Crippen molar-refractivity contribution >= 4 is 29.1 Å². The highest BCUT2D eigenvalue weighted by Gasteiger charge is 2.32. The zero-order valence-electron chi connectivity index (χ0n) is 12.5. The van der Waals surface area contributed by atoms with Gasteiger partial charge in [-0.15, -0.1) is 0 Å². The molecule has 3 rings (SSSR count). The van der Waals surface area contributed by atoms with Crippen molar-refractivity contribution in [2.24, 2.45) is 0 Å². The van der Waals surface area contributed by atoms with Gasteiger partial charge in [0.05, 0.1) is 12.2 Å². The van der Waals surface area contributed by atoms with Crippen LogP contribution in [0.5, 0.6) is 0 Å². The van der Waals surface area contributed by atoms with E-state index in [1.165, 1.54) is 0 Å². The van der Waals surface area contributed by atoms with Crippen LogP contribution in [0.2, 0.25) is 5.02 Å². The molecule has 2 heterocycles. The van der Waals surface area contributed by atoms with Crippen LogP contribution in [0.3, 0.4) is 0 Å². The minimum absolute atomic E-state index is 0.111. The van der Waals surface area contributed by atoms with Crippen LogP contribution in [0.15, 0.2) is 36.7 Å². The first kappa shape index (κ1) is 15.6. The number of likely N-dealkylation sites (tertiary alicyclic amines) is 1. The van der Waals surface area contributed by atoms with E-state index in [0.717, 1.165) is 24.8 Å². The van der Waals surface area contributed by atoms with Gasteiger partial charge >= 0.3 is 11.8 Å². The van der Waals surface area contributed by atoms with Gasteiger partial charge in [-0.05, 0) is 37.5 Å². The molecule has 1 aromatic heterocycles. The summed E-state index contributed by atoms with van der Waals surface area (Å²) in [6.45, 7) is 0.567. The van der Waals surface area contributed by atoms with E-state index in [1.807, 2.05) is 0 Å². The van der Waals surface area contributed by atoms with Gasteiger partial charge in [-0.3, -0.25) is 14.7 Å². The number of nitrogens with zero attached hydrogens (tertiary/aromatic N) is 2. The van der Waals surface area contributed by atoms with Crippen LogP contribution in [0.25, 0.3) is 0 Å². The first-order valence-corrected chi connectivity index (χ1v) is 7.89. The highest BCUT2D eigenvalue weighted by atomic mass is 35.5. The van der Waals surface area contributed by atoms with Gasteiger partial charge in [-0.1, -0.05) is 17.7 Å². The van der Waals surface area contributed by atoms with E-state index in [4.69, 9.17) is 11.6 Å². The van der Waals surface area contributed by atoms with Gasteiger partial charge in [0.25, 0.3) is 0 Å². The SMILES string of the molecule is O=C(Nc1cccc(Cl)c1)C(=O)N1CCCC[C@@H]1c1cn[nH]c1. The van der Waals surface area contributed by atoms with Crippen LogP contribution in [-0.4, -0.2) is 33.5 Å². The van der Waals surface area contributed by atoms with Gasteiger partial charge < -0.3 is 10.2 Å². The molecule has 2 N–H and O–H groups in total. The summed E-state index contributed by atoms with van der Waals surface area (Å²) in [6.07, 6.45) is 6.21. The molecule has 0 spiro atoms. The molecule has 1 atom stereocenters. The van der Waals surface area contributed by atoms with Crippen molar-refractivity contribution in [1.29, 1.82) is 0 Å². The number of carbonyl (C=O) groups excluding carboxylic acids is 2. The lowest BCUT2D eigenvalue weighted by Gasteiger charge is -2.34. The van der Waals surface area contributed by atoms with Gasteiger partial charge in [-0.2, -0.15) is 5.10 Å². The summed E-state index contributed by atoms with van der Waals surface area (Å²) in [7, 11) is 0. The smallest absolute Gasteiger partial charge is 0.313 e. The number of nitrogens with one attached hydrogen (secondary N) is 2. The highest BCUT2D eigenvalue weighted by molar-refractivity contribution is 6.39. The number of halogens is 1. The Morgan fingerprint density at radius 1 is 1.35 bits per heavy atom. The van der Waals surface area contributed by atoms with Crippen LogP contribution in [-0.2, 0) is 9.59 Å². The summed E-state index contributed by atoms with van der Waals surface area (Å²) in [6, 6.07) is 6.62. The lowest BCUT2D eigenvalue weighted by atomic mass is 9.97. The Hall–Kier alpha value is -2.34. The van der Waals surface area contributed by atoms with Gasteiger partial charge in [-0.25, -0.2) is 0 Å². The zero-order valence-corrected chi connectivity index (χ0v) is 13.2. The maximum Gasteiger partial charge on any atom is 0.313 e. The number of aromatic nitrogens is 2. The number of carbonyl (C=O) groups is 2. The molecule has 0 unspecified atom stereocenters. The lowest BCUT2D eigenvalue weighted by Crippen LogP contribution is -2.44. The molecule has 7 heteroatoms. The number of hydrogen-bond donors (Lipinski definition) is 2. The average Bonchev–Trinajstić information content (AvgIpc) is 3.08. The third-order valence-electron chi connectivity index (χ3n) is 3.94. The Bertz CT molecular complexity index is 702. The molecule has 6 nitrogen and oxygen atoms in total. The van der Waals surface area contributed by atoms with Crippen molar-refractivity contribution in [3.8, 4) is 0 Å². The van der Waals surface area contributed by atoms with E-state index in [0.29, 0.717) is 17.3 Å². The van der Waals surface area contributed by atoms with Gasteiger partial charge in [0.2, 0.25) is 0 Å². The molecule has 0 saturated carbocycles. The Morgan fingerprint density at radius 2 is 2.22 bits per heavy atom. The van der Waals surface area contributed by atoms with Crippen LogP contribution < -0.4 is 5.32 Å². The summed E-state index contributed by atoms with van der Waals surface area (Å²) in [5.41, 5.74) is 1.43. The molecule has 120 valence electrons. The number of hydrogen-bond acceptors (Lipinski definition) is 3. The standard InChI is InChI=1S/C16H17ClN4O2/c17-12-4-3-5-13(8-12)20-15(22)16(23)21-7-2-1-6-14(21)11-9-18-19-10-11/h3-5,8-10,14H,1-2,6-7H2,(H,18,19)(H,20,22)/t14-/m1/s1. The summed E-state index contributed by atoms with van der Waals surface area (Å²) in [5.74, 6) is -1.18. The molecule has 0 radical (unpaired) electrons. The molecule has 1 aromatic carbocycles. The van der Waals surface area contributed by atoms with Crippen LogP contribution in [0.4, 0.5) is 5.69 Å². The van der Waals surface area contributed by atoms with Gasteiger partial charge in [0.15, 0.2) is 0 Å². The fourth-order valence-corrected chi connectivity index (χ4v) is 3.04. The number of amides is 2. The maximum absolute atomic E-state index is 12.5.